The summed E-state index contributed by atoms with van der Waals surface area (Å²) in [6, 6.07) is 9.37. The highest BCUT2D eigenvalue weighted by Gasteiger charge is 2.21. The van der Waals surface area contributed by atoms with Crippen molar-refractivity contribution >= 4 is 5.91 Å². The molecule has 1 aromatic rings. The number of nitrogens with one attached hydrogen (secondary N) is 1. The third-order valence-electron chi connectivity index (χ3n) is 2.64. The fourth-order valence-corrected chi connectivity index (χ4v) is 1.69. The number of aliphatic hydroxyl groups excluding tert-OH is 2. The van der Waals surface area contributed by atoms with E-state index in [0.717, 1.165) is 5.56 Å². The molecule has 4 N–H and O–H groups in total. The maximum absolute atomic E-state index is 11.1. The van der Waals surface area contributed by atoms with Gasteiger partial charge in [0.15, 0.2) is 0 Å². The lowest BCUT2D eigenvalue weighted by Gasteiger charge is -2.20. The number of benzene rings is 1. The van der Waals surface area contributed by atoms with Crippen molar-refractivity contribution in [3.05, 3.63) is 35.9 Å². The molecule has 2 atom stereocenters. The van der Waals surface area contributed by atoms with Crippen LogP contribution in [0.15, 0.2) is 30.3 Å². The summed E-state index contributed by atoms with van der Waals surface area (Å²) < 4.78 is 0. The van der Waals surface area contributed by atoms with Gasteiger partial charge in [-0.05, 0) is 17.9 Å². The minimum atomic E-state index is -0.979. The first kappa shape index (κ1) is 13.6. The van der Waals surface area contributed by atoms with E-state index in [-0.39, 0.29) is 6.42 Å². The van der Waals surface area contributed by atoms with Gasteiger partial charge < -0.3 is 10.2 Å². The molecular formula is C12H17NO4. The molecule has 1 amide bonds. The average Bonchev–Trinajstić information content (AvgIpc) is 2.38. The van der Waals surface area contributed by atoms with Gasteiger partial charge in [-0.2, -0.15) is 0 Å². The van der Waals surface area contributed by atoms with Crippen molar-refractivity contribution in [3.63, 3.8) is 0 Å². The molecule has 0 aliphatic carbocycles. The summed E-state index contributed by atoms with van der Waals surface area (Å²) in [5.74, 6) is -0.993. The monoisotopic (exact) mass is 239 g/mol. The first-order valence-electron chi connectivity index (χ1n) is 5.43. The van der Waals surface area contributed by atoms with E-state index in [2.05, 4.69) is 0 Å². The van der Waals surface area contributed by atoms with E-state index in [1.54, 1.807) is 0 Å². The Morgan fingerprint density at radius 2 is 1.94 bits per heavy atom. The number of hydrogen-bond donors (Lipinski definition) is 4. The Balaban J connectivity index is 2.67. The molecule has 5 heteroatoms. The van der Waals surface area contributed by atoms with Crippen LogP contribution < -0.4 is 5.48 Å². The minimum absolute atomic E-state index is 0.0346. The lowest BCUT2D eigenvalue weighted by Crippen LogP contribution is -2.32. The lowest BCUT2D eigenvalue weighted by atomic mass is 9.91. The van der Waals surface area contributed by atoms with E-state index in [0.29, 0.717) is 6.42 Å². The summed E-state index contributed by atoms with van der Waals surface area (Å²) in [7, 11) is 0. The van der Waals surface area contributed by atoms with E-state index in [1.807, 2.05) is 30.3 Å². The summed E-state index contributed by atoms with van der Waals surface area (Å²) >= 11 is 0. The second-order valence-corrected chi connectivity index (χ2v) is 3.94. The summed E-state index contributed by atoms with van der Waals surface area (Å²) in [6.07, 6.45) is -0.546. The van der Waals surface area contributed by atoms with Crippen LogP contribution in [0, 0.1) is 5.92 Å². The van der Waals surface area contributed by atoms with Gasteiger partial charge >= 0.3 is 0 Å². The predicted octanol–water partition coefficient (Wildman–Crippen LogP) is 0.0940. The molecule has 0 aromatic heterocycles. The molecule has 17 heavy (non-hydrogen) atoms. The Morgan fingerprint density at radius 3 is 2.47 bits per heavy atom. The zero-order valence-electron chi connectivity index (χ0n) is 9.41. The zero-order valence-corrected chi connectivity index (χ0v) is 9.41. The molecule has 0 radical (unpaired) electrons. The van der Waals surface area contributed by atoms with Crippen LogP contribution in [0.3, 0.4) is 0 Å². The molecule has 0 bridgehead atoms. The number of amides is 1. The summed E-state index contributed by atoms with van der Waals surface area (Å²) in [5, 5.41) is 27.0. The topological polar surface area (TPSA) is 89.8 Å². The quantitative estimate of drug-likeness (QED) is 0.418. The molecule has 5 nitrogen and oxygen atoms in total. The van der Waals surface area contributed by atoms with E-state index in [4.69, 9.17) is 10.3 Å². The number of rotatable bonds is 6. The third-order valence-corrected chi connectivity index (χ3v) is 2.64. The molecule has 0 fully saturated rings. The number of carbonyl (C=O) groups is 1. The summed E-state index contributed by atoms with van der Waals surface area (Å²) in [4.78, 5) is 11.1. The van der Waals surface area contributed by atoms with Gasteiger partial charge in [-0.25, -0.2) is 5.48 Å². The van der Waals surface area contributed by atoms with Gasteiger partial charge in [-0.1, -0.05) is 30.3 Å². The van der Waals surface area contributed by atoms with Crippen LogP contribution in [-0.2, 0) is 11.2 Å². The number of carbonyl (C=O) groups excluding carboxylic acids is 1. The van der Waals surface area contributed by atoms with E-state index in [9.17, 15) is 9.90 Å². The Labute approximate surface area is 99.7 Å². The van der Waals surface area contributed by atoms with Gasteiger partial charge in [0.05, 0.1) is 12.7 Å². The van der Waals surface area contributed by atoms with Crippen LogP contribution in [0.2, 0.25) is 0 Å². The second kappa shape index (κ2) is 7.01. The smallest absolute Gasteiger partial charge is 0.243 e. The fraction of sp³-hybridized carbons (Fsp3) is 0.417. The van der Waals surface area contributed by atoms with Gasteiger partial charge in [0, 0.05) is 6.42 Å². The van der Waals surface area contributed by atoms with Crippen LogP contribution in [0.4, 0.5) is 0 Å². The molecule has 1 rings (SSSR count). The Morgan fingerprint density at radius 1 is 1.29 bits per heavy atom. The van der Waals surface area contributed by atoms with E-state index >= 15 is 0 Å². The Hall–Kier alpha value is -1.43. The first-order valence-corrected chi connectivity index (χ1v) is 5.43. The van der Waals surface area contributed by atoms with Crippen molar-refractivity contribution < 1.29 is 20.2 Å². The van der Waals surface area contributed by atoms with Crippen LogP contribution in [0.5, 0.6) is 0 Å². The standard InChI is InChI=1S/C12H17NO4/c14-8-11(15)10(7-12(16)13-17)6-9-4-2-1-3-5-9/h1-5,10-11,14-15,17H,6-8H2,(H,13,16). The van der Waals surface area contributed by atoms with Crippen molar-refractivity contribution in [2.75, 3.05) is 6.61 Å². The summed E-state index contributed by atoms with van der Waals surface area (Å²) in [6.45, 7) is -0.407. The van der Waals surface area contributed by atoms with Crippen molar-refractivity contribution in [2.24, 2.45) is 5.92 Å². The number of hydrogen-bond acceptors (Lipinski definition) is 4. The second-order valence-electron chi connectivity index (χ2n) is 3.94. The van der Waals surface area contributed by atoms with Gasteiger partial charge in [-0.15, -0.1) is 0 Å². The molecule has 0 saturated heterocycles. The lowest BCUT2D eigenvalue weighted by molar-refractivity contribution is -0.131. The predicted molar refractivity (Wildman–Crippen MR) is 61.3 cm³/mol. The van der Waals surface area contributed by atoms with Crippen molar-refractivity contribution in [2.45, 2.75) is 18.9 Å². The maximum Gasteiger partial charge on any atom is 0.243 e. The average molecular weight is 239 g/mol. The summed E-state index contributed by atoms with van der Waals surface area (Å²) in [5.41, 5.74) is 2.50. The highest BCUT2D eigenvalue weighted by atomic mass is 16.5. The molecule has 0 aliphatic rings. The SMILES string of the molecule is O=C(CC(Cc1ccccc1)C(O)CO)NO. The maximum atomic E-state index is 11.1. The van der Waals surface area contributed by atoms with Crippen LogP contribution in [0.25, 0.3) is 0 Å². The van der Waals surface area contributed by atoms with Crippen LogP contribution >= 0.6 is 0 Å². The van der Waals surface area contributed by atoms with Crippen molar-refractivity contribution in [3.8, 4) is 0 Å². The van der Waals surface area contributed by atoms with E-state index < -0.39 is 24.5 Å². The highest BCUT2D eigenvalue weighted by Crippen LogP contribution is 2.16. The largest absolute Gasteiger partial charge is 0.394 e. The molecule has 2 unspecified atom stereocenters. The Kier molecular flexibility index (Phi) is 5.62. The number of aliphatic hydroxyl groups is 2. The fourth-order valence-electron chi connectivity index (χ4n) is 1.69. The number of hydroxylamine groups is 1. The normalized spacial score (nSPS) is 14.1. The third kappa shape index (κ3) is 4.52. The van der Waals surface area contributed by atoms with E-state index in [1.165, 1.54) is 5.48 Å². The van der Waals surface area contributed by atoms with Crippen LogP contribution in [0.1, 0.15) is 12.0 Å². The molecule has 0 spiro atoms. The van der Waals surface area contributed by atoms with Gasteiger partial charge in [-0.3, -0.25) is 10.0 Å². The van der Waals surface area contributed by atoms with Crippen molar-refractivity contribution in [1.82, 2.24) is 5.48 Å². The molecule has 1 aromatic carbocycles. The molecule has 0 saturated carbocycles. The molecule has 0 heterocycles. The van der Waals surface area contributed by atoms with Gasteiger partial charge in [0.1, 0.15) is 0 Å². The molecule has 0 aliphatic heterocycles. The minimum Gasteiger partial charge on any atom is -0.394 e. The first-order chi connectivity index (χ1) is 8.17. The highest BCUT2D eigenvalue weighted by molar-refractivity contribution is 5.74. The molecule has 94 valence electrons. The van der Waals surface area contributed by atoms with Gasteiger partial charge in [0.2, 0.25) is 5.91 Å². The zero-order chi connectivity index (χ0) is 12.7. The van der Waals surface area contributed by atoms with Crippen LogP contribution in [-0.4, -0.2) is 34.0 Å². The van der Waals surface area contributed by atoms with Gasteiger partial charge in [0.25, 0.3) is 0 Å². The Bertz CT molecular complexity index is 342. The van der Waals surface area contributed by atoms with Crippen molar-refractivity contribution in [1.29, 1.82) is 0 Å². The molecular weight excluding hydrogens is 222 g/mol.